The van der Waals surface area contributed by atoms with E-state index in [1.165, 1.54) is 45.6 Å². The second kappa shape index (κ2) is 4.81. The lowest BCUT2D eigenvalue weighted by Crippen LogP contribution is -2.52. The molecule has 2 rings (SSSR count). The van der Waals surface area contributed by atoms with Gasteiger partial charge in [-0.2, -0.15) is 0 Å². The van der Waals surface area contributed by atoms with E-state index in [-0.39, 0.29) is 0 Å². The lowest BCUT2D eigenvalue weighted by Gasteiger charge is -2.39. The minimum Gasteiger partial charge on any atom is -0.328 e. The van der Waals surface area contributed by atoms with Crippen molar-refractivity contribution in [1.82, 2.24) is 9.80 Å². The average Bonchev–Trinajstić information content (AvgIpc) is 2.64. The van der Waals surface area contributed by atoms with Crippen molar-refractivity contribution >= 4 is 0 Å². The van der Waals surface area contributed by atoms with Gasteiger partial charge >= 0.3 is 0 Å². The highest BCUT2D eigenvalue weighted by Crippen LogP contribution is 2.22. The molecule has 0 aromatic carbocycles. The van der Waals surface area contributed by atoms with Gasteiger partial charge in [0.2, 0.25) is 0 Å². The molecular formula is C12H25N3. The van der Waals surface area contributed by atoms with E-state index in [1.54, 1.807) is 0 Å². The Balaban J connectivity index is 1.80. The summed E-state index contributed by atoms with van der Waals surface area (Å²) in [6.45, 7) is 10.7. The molecule has 0 aromatic rings. The second-order valence-corrected chi connectivity index (χ2v) is 5.43. The smallest absolute Gasteiger partial charge is 0.0224 e. The third-order valence-corrected chi connectivity index (χ3v) is 4.12. The molecule has 0 aliphatic carbocycles. The van der Waals surface area contributed by atoms with Crippen LogP contribution in [0.15, 0.2) is 0 Å². The predicted octanol–water partition coefficient (Wildman–Crippen LogP) is 0.750. The van der Waals surface area contributed by atoms with Crippen molar-refractivity contribution in [2.45, 2.75) is 38.8 Å². The molecule has 0 bridgehead atoms. The zero-order valence-electron chi connectivity index (χ0n) is 10.2. The molecule has 15 heavy (non-hydrogen) atoms. The summed E-state index contributed by atoms with van der Waals surface area (Å²) < 4.78 is 0. The van der Waals surface area contributed by atoms with Gasteiger partial charge in [0.1, 0.15) is 0 Å². The van der Waals surface area contributed by atoms with Gasteiger partial charge in [-0.05, 0) is 32.2 Å². The van der Waals surface area contributed by atoms with Crippen LogP contribution in [0.5, 0.6) is 0 Å². The first-order chi connectivity index (χ1) is 7.16. The molecule has 2 saturated heterocycles. The standard InChI is InChI=1S/C12H25N3/c1-10(11(2)13)8-14-6-7-15-5-3-4-12(15)9-14/h10-12H,3-9,13H2,1-2H3. The van der Waals surface area contributed by atoms with E-state index in [2.05, 4.69) is 23.6 Å². The lowest BCUT2D eigenvalue weighted by atomic mass is 10.0. The molecule has 2 aliphatic heterocycles. The Morgan fingerprint density at radius 2 is 2.07 bits per heavy atom. The molecule has 2 N–H and O–H groups in total. The molecule has 0 aromatic heterocycles. The van der Waals surface area contributed by atoms with Crippen LogP contribution < -0.4 is 5.73 Å². The molecule has 88 valence electrons. The number of rotatable bonds is 3. The highest BCUT2D eigenvalue weighted by molar-refractivity contribution is 4.87. The fourth-order valence-electron chi connectivity index (χ4n) is 2.79. The van der Waals surface area contributed by atoms with Gasteiger partial charge in [-0.25, -0.2) is 0 Å². The van der Waals surface area contributed by atoms with Gasteiger partial charge in [0.15, 0.2) is 0 Å². The van der Waals surface area contributed by atoms with Gasteiger partial charge in [-0.3, -0.25) is 4.90 Å². The van der Waals surface area contributed by atoms with Crippen LogP contribution in [-0.4, -0.2) is 54.6 Å². The fourth-order valence-corrected chi connectivity index (χ4v) is 2.79. The molecule has 3 unspecified atom stereocenters. The molecule has 3 nitrogen and oxygen atoms in total. The maximum Gasteiger partial charge on any atom is 0.0224 e. The Labute approximate surface area is 93.6 Å². The van der Waals surface area contributed by atoms with Crippen molar-refractivity contribution < 1.29 is 0 Å². The van der Waals surface area contributed by atoms with Crippen molar-refractivity contribution in [3.8, 4) is 0 Å². The molecule has 2 heterocycles. The summed E-state index contributed by atoms with van der Waals surface area (Å²) in [6.07, 6.45) is 2.81. The summed E-state index contributed by atoms with van der Waals surface area (Å²) >= 11 is 0. The first-order valence-corrected chi connectivity index (χ1v) is 6.39. The maximum atomic E-state index is 5.92. The van der Waals surface area contributed by atoms with Gasteiger partial charge in [-0.15, -0.1) is 0 Å². The highest BCUT2D eigenvalue weighted by Gasteiger charge is 2.30. The minimum absolute atomic E-state index is 0.326. The molecule has 2 aliphatic rings. The topological polar surface area (TPSA) is 32.5 Å². The largest absolute Gasteiger partial charge is 0.328 e. The van der Waals surface area contributed by atoms with Crippen molar-refractivity contribution in [3.63, 3.8) is 0 Å². The van der Waals surface area contributed by atoms with Crippen LogP contribution in [0, 0.1) is 5.92 Å². The van der Waals surface area contributed by atoms with E-state index in [1.807, 2.05) is 0 Å². The van der Waals surface area contributed by atoms with Gasteiger partial charge in [-0.1, -0.05) is 6.92 Å². The van der Waals surface area contributed by atoms with Crippen molar-refractivity contribution in [3.05, 3.63) is 0 Å². The summed E-state index contributed by atoms with van der Waals surface area (Å²) in [4.78, 5) is 5.27. The predicted molar refractivity (Wildman–Crippen MR) is 63.8 cm³/mol. The van der Waals surface area contributed by atoms with E-state index in [9.17, 15) is 0 Å². The van der Waals surface area contributed by atoms with Crippen LogP contribution >= 0.6 is 0 Å². The number of nitrogens with zero attached hydrogens (tertiary/aromatic N) is 2. The van der Waals surface area contributed by atoms with Crippen LogP contribution in [-0.2, 0) is 0 Å². The van der Waals surface area contributed by atoms with Crippen LogP contribution in [0.25, 0.3) is 0 Å². The van der Waals surface area contributed by atoms with E-state index in [0.29, 0.717) is 12.0 Å². The Morgan fingerprint density at radius 3 is 2.80 bits per heavy atom. The van der Waals surface area contributed by atoms with Gasteiger partial charge in [0.25, 0.3) is 0 Å². The molecular weight excluding hydrogens is 186 g/mol. The summed E-state index contributed by atoms with van der Waals surface area (Å²) in [5.74, 6) is 0.623. The molecule has 0 radical (unpaired) electrons. The van der Waals surface area contributed by atoms with Crippen LogP contribution in [0.1, 0.15) is 26.7 Å². The van der Waals surface area contributed by atoms with E-state index in [0.717, 1.165) is 6.04 Å². The van der Waals surface area contributed by atoms with Gasteiger partial charge in [0, 0.05) is 38.3 Å². The number of fused-ring (bicyclic) bond motifs is 1. The van der Waals surface area contributed by atoms with Gasteiger partial charge < -0.3 is 10.6 Å². The zero-order chi connectivity index (χ0) is 10.8. The number of nitrogens with two attached hydrogens (primary N) is 1. The zero-order valence-corrected chi connectivity index (χ0v) is 10.2. The lowest BCUT2D eigenvalue weighted by molar-refractivity contribution is 0.0911. The maximum absolute atomic E-state index is 5.92. The molecule has 0 saturated carbocycles. The number of hydrogen-bond donors (Lipinski definition) is 1. The third kappa shape index (κ3) is 2.71. The molecule has 3 heteroatoms. The Bertz CT molecular complexity index is 203. The quantitative estimate of drug-likeness (QED) is 0.748. The van der Waals surface area contributed by atoms with E-state index >= 15 is 0 Å². The van der Waals surface area contributed by atoms with Crippen LogP contribution in [0.3, 0.4) is 0 Å². The fraction of sp³-hybridized carbons (Fsp3) is 1.00. The molecule has 0 amide bonds. The van der Waals surface area contributed by atoms with Gasteiger partial charge in [0.05, 0.1) is 0 Å². The number of hydrogen-bond acceptors (Lipinski definition) is 3. The van der Waals surface area contributed by atoms with Crippen molar-refractivity contribution in [2.75, 3.05) is 32.7 Å². The SMILES string of the molecule is CC(N)C(C)CN1CCN2CCCC2C1. The van der Waals surface area contributed by atoms with Crippen LogP contribution in [0.4, 0.5) is 0 Å². The summed E-state index contributed by atoms with van der Waals surface area (Å²) in [7, 11) is 0. The second-order valence-electron chi connectivity index (χ2n) is 5.43. The summed E-state index contributed by atoms with van der Waals surface area (Å²) in [5.41, 5.74) is 5.92. The normalized spacial score (nSPS) is 32.6. The monoisotopic (exact) mass is 211 g/mol. The molecule has 3 atom stereocenters. The molecule has 0 spiro atoms. The Morgan fingerprint density at radius 1 is 1.27 bits per heavy atom. The number of piperazine rings is 1. The van der Waals surface area contributed by atoms with E-state index in [4.69, 9.17) is 5.73 Å². The average molecular weight is 211 g/mol. The summed E-state index contributed by atoms with van der Waals surface area (Å²) in [6, 6.07) is 1.17. The first-order valence-electron chi connectivity index (χ1n) is 6.39. The Hall–Kier alpha value is -0.120. The highest BCUT2D eigenvalue weighted by atomic mass is 15.3. The van der Waals surface area contributed by atoms with Crippen molar-refractivity contribution in [2.24, 2.45) is 11.7 Å². The van der Waals surface area contributed by atoms with E-state index < -0.39 is 0 Å². The Kier molecular flexibility index (Phi) is 3.65. The van der Waals surface area contributed by atoms with Crippen molar-refractivity contribution in [1.29, 1.82) is 0 Å². The molecule has 2 fully saturated rings. The first kappa shape index (κ1) is 11.4. The minimum atomic E-state index is 0.326. The summed E-state index contributed by atoms with van der Waals surface area (Å²) in [5, 5.41) is 0. The third-order valence-electron chi connectivity index (χ3n) is 4.12. The van der Waals surface area contributed by atoms with Crippen LogP contribution in [0.2, 0.25) is 0 Å².